The van der Waals surface area contributed by atoms with Crippen LogP contribution in [-0.2, 0) is 14.4 Å². The molecule has 1 saturated heterocycles. The molecule has 5 heteroatoms. The third-order valence-electron chi connectivity index (χ3n) is 1.88. The van der Waals surface area contributed by atoms with Crippen LogP contribution in [0.15, 0.2) is 0 Å². The quantitative estimate of drug-likeness (QED) is 0.575. The van der Waals surface area contributed by atoms with E-state index < -0.39 is 0 Å². The maximum absolute atomic E-state index is 11.0. The van der Waals surface area contributed by atoms with E-state index in [1.165, 1.54) is 0 Å². The number of carbonyl (C=O) groups is 3. The van der Waals surface area contributed by atoms with Crippen molar-refractivity contribution in [2.24, 2.45) is 0 Å². The Hall–Kier alpha value is -1.23. The summed E-state index contributed by atoms with van der Waals surface area (Å²) in [7, 11) is 0. The number of nitrogens with zero attached hydrogens (tertiary/aromatic N) is 1. The number of hydrogen-bond donors (Lipinski definition) is 1. The molecule has 0 saturated carbocycles. The van der Waals surface area contributed by atoms with Crippen molar-refractivity contribution in [3.8, 4) is 0 Å². The molecular weight excluding hydrogens is 174 g/mol. The van der Waals surface area contributed by atoms with Gasteiger partial charge < -0.3 is 5.11 Å². The Morgan fingerprint density at radius 1 is 1.31 bits per heavy atom. The van der Waals surface area contributed by atoms with Crippen LogP contribution in [0.4, 0.5) is 0 Å². The van der Waals surface area contributed by atoms with E-state index in [-0.39, 0.29) is 50.0 Å². The minimum atomic E-state index is -0.295. The molecule has 0 atom stereocenters. The molecule has 0 bridgehead atoms. The zero-order chi connectivity index (χ0) is 9.84. The predicted molar refractivity (Wildman–Crippen MR) is 42.7 cm³/mol. The molecule has 2 amide bonds. The van der Waals surface area contributed by atoms with Crippen molar-refractivity contribution in [1.29, 1.82) is 0 Å². The zero-order valence-corrected chi connectivity index (χ0v) is 7.15. The number of imide groups is 1. The predicted octanol–water partition coefficient (Wildman–Crippen LogP) is -0.913. The summed E-state index contributed by atoms with van der Waals surface area (Å²) < 4.78 is 0. The Morgan fingerprint density at radius 2 is 1.85 bits per heavy atom. The highest BCUT2D eigenvalue weighted by molar-refractivity contribution is 6.04. The van der Waals surface area contributed by atoms with E-state index in [0.29, 0.717) is 0 Å². The number of carbonyl (C=O) groups excluding carboxylic acids is 3. The van der Waals surface area contributed by atoms with Crippen LogP contribution >= 0.6 is 0 Å². The van der Waals surface area contributed by atoms with E-state index in [1.54, 1.807) is 0 Å². The monoisotopic (exact) mass is 185 g/mol. The summed E-state index contributed by atoms with van der Waals surface area (Å²) >= 11 is 0. The van der Waals surface area contributed by atoms with Gasteiger partial charge in [-0.05, 0) is 0 Å². The normalized spacial score (nSPS) is 16.8. The Labute approximate surface area is 75.3 Å². The van der Waals surface area contributed by atoms with Crippen molar-refractivity contribution in [1.82, 2.24) is 4.90 Å². The minimum Gasteiger partial charge on any atom is -0.396 e. The number of likely N-dealkylation sites (tertiary alicyclic amines) is 1. The molecule has 0 aromatic rings. The summed E-state index contributed by atoms with van der Waals surface area (Å²) in [6.07, 6.45) is 0.396. The maximum atomic E-state index is 11.0. The van der Waals surface area contributed by atoms with Crippen molar-refractivity contribution in [2.75, 3.05) is 13.2 Å². The lowest BCUT2D eigenvalue weighted by atomic mass is 10.3. The second kappa shape index (κ2) is 4.13. The van der Waals surface area contributed by atoms with Gasteiger partial charge in [-0.25, -0.2) is 0 Å². The molecule has 1 fully saturated rings. The molecule has 72 valence electrons. The zero-order valence-electron chi connectivity index (χ0n) is 7.15. The van der Waals surface area contributed by atoms with E-state index >= 15 is 0 Å². The van der Waals surface area contributed by atoms with Gasteiger partial charge in [-0.1, -0.05) is 0 Å². The van der Waals surface area contributed by atoms with E-state index in [4.69, 9.17) is 5.11 Å². The SMILES string of the molecule is O=C(CCO)CN1C(=O)CCC1=O. The fraction of sp³-hybridized carbons (Fsp3) is 0.625. The van der Waals surface area contributed by atoms with Gasteiger partial charge in [-0.2, -0.15) is 0 Å². The number of ketones is 1. The molecule has 1 heterocycles. The highest BCUT2D eigenvalue weighted by Gasteiger charge is 2.29. The summed E-state index contributed by atoms with van der Waals surface area (Å²) in [6.45, 7) is -0.423. The minimum absolute atomic E-state index is 0.00292. The number of aliphatic hydroxyl groups is 1. The first kappa shape index (κ1) is 9.85. The maximum Gasteiger partial charge on any atom is 0.230 e. The molecule has 0 radical (unpaired) electrons. The lowest BCUT2D eigenvalue weighted by Gasteiger charge is -2.11. The molecule has 5 nitrogen and oxygen atoms in total. The number of hydrogen-bond acceptors (Lipinski definition) is 4. The third kappa shape index (κ3) is 2.35. The highest BCUT2D eigenvalue weighted by Crippen LogP contribution is 2.11. The molecule has 1 aliphatic heterocycles. The lowest BCUT2D eigenvalue weighted by Crippen LogP contribution is -2.34. The van der Waals surface area contributed by atoms with Gasteiger partial charge in [0.05, 0.1) is 13.2 Å². The van der Waals surface area contributed by atoms with Crippen molar-refractivity contribution >= 4 is 17.6 Å². The summed E-state index contributed by atoms with van der Waals surface area (Å²) in [6, 6.07) is 0. The first-order valence-electron chi connectivity index (χ1n) is 4.11. The second-order valence-corrected chi connectivity index (χ2v) is 2.89. The van der Waals surface area contributed by atoms with Gasteiger partial charge in [0.15, 0.2) is 5.78 Å². The van der Waals surface area contributed by atoms with Crippen LogP contribution in [0.2, 0.25) is 0 Å². The van der Waals surface area contributed by atoms with Gasteiger partial charge in [0.1, 0.15) is 0 Å². The standard InChI is InChI=1S/C8H11NO4/c10-4-3-6(11)5-9-7(12)1-2-8(9)13/h10H,1-5H2. The largest absolute Gasteiger partial charge is 0.396 e. The Kier molecular flexibility index (Phi) is 3.13. The second-order valence-electron chi connectivity index (χ2n) is 2.89. The summed E-state index contributed by atoms with van der Waals surface area (Å²) in [5, 5.41) is 8.43. The molecule has 1 aliphatic rings. The first-order valence-corrected chi connectivity index (χ1v) is 4.11. The topological polar surface area (TPSA) is 74.7 Å². The van der Waals surface area contributed by atoms with Crippen molar-refractivity contribution in [3.05, 3.63) is 0 Å². The molecule has 0 aromatic carbocycles. The van der Waals surface area contributed by atoms with Gasteiger partial charge in [0.2, 0.25) is 11.8 Å². The van der Waals surface area contributed by atoms with E-state index in [0.717, 1.165) is 4.90 Å². The summed E-state index contributed by atoms with van der Waals surface area (Å²) in [4.78, 5) is 34.0. The molecule has 0 aliphatic carbocycles. The Balaban J connectivity index is 2.48. The fourth-order valence-electron chi connectivity index (χ4n) is 1.18. The van der Waals surface area contributed by atoms with Crippen LogP contribution in [-0.4, -0.2) is 40.8 Å². The Bertz CT molecular complexity index is 233. The van der Waals surface area contributed by atoms with Crippen molar-refractivity contribution < 1.29 is 19.5 Å². The van der Waals surface area contributed by atoms with Crippen LogP contribution in [0.1, 0.15) is 19.3 Å². The van der Waals surface area contributed by atoms with E-state index in [9.17, 15) is 14.4 Å². The van der Waals surface area contributed by atoms with Crippen molar-refractivity contribution in [2.45, 2.75) is 19.3 Å². The number of Topliss-reactive ketones (excluding diaryl/α,β-unsaturated/α-hetero) is 1. The smallest absolute Gasteiger partial charge is 0.230 e. The third-order valence-corrected chi connectivity index (χ3v) is 1.88. The molecule has 1 N–H and O–H groups in total. The van der Waals surface area contributed by atoms with Gasteiger partial charge in [0.25, 0.3) is 0 Å². The Morgan fingerprint density at radius 3 is 2.31 bits per heavy atom. The van der Waals surface area contributed by atoms with Crippen LogP contribution in [0.5, 0.6) is 0 Å². The van der Waals surface area contributed by atoms with Crippen LogP contribution in [0.25, 0.3) is 0 Å². The van der Waals surface area contributed by atoms with Crippen molar-refractivity contribution in [3.63, 3.8) is 0 Å². The highest BCUT2D eigenvalue weighted by atomic mass is 16.3. The molecule has 0 spiro atoms. The van der Waals surface area contributed by atoms with Gasteiger partial charge >= 0.3 is 0 Å². The summed E-state index contributed by atoms with van der Waals surface area (Å²) in [5.74, 6) is -0.876. The lowest BCUT2D eigenvalue weighted by molar-refractivity contribution is -0.142. The number of rotatable bonds is 4. The average Bonchev–Trinajstić information content (AvgIpc) is 2.36. The van der Waals surface area contributed by atoms with E-state index in [2.05, 4.69) is 0 Å². The van der Waals surface area contributed by atoms with Crippen LogP contribution in [0.3, 0.4) is 0 Å². The van der Waals surface area contributed by atoms with Gasteiger partial charge in [-0.15, -0.1) is 0 Å². The van der Waals surface area contributed by atoms with E-state index in [1.807, 2.05) is 0 Å². The van der Waals surface area contributed by atoms with Gasteiger partial charge in [0, 0.05) is 19.3 Å². The average molecular weight is 185 g/mol. The molecule has 0 aromatic heterocycles. The number of aliphatic hydroxyl groups excluding tert-OH is 1. The molecule has 1 rings (SSSR count). The van der Waals surface area contributed by atoms with Gasteiger partial charge in [-0.3, -0.25) is 19.3 Å². The molecular formula is C8H11NO4. The van der Waals surface area contributed by atoms with Crippen LogP contribution < -0.4 is 0 Å². The summed E-state index contributed by atoms with van der Waals surface area (Å²) in [5.41, 5.74) is 0. The first-order chi connectivity index (χ1) is 6.15. The fourth-order valence-corrected chi connectivity index (χ4v) is 1.18. The number of amides is 2. The molecule has 0 unspecified atom stereocenters. The molecule has 13 heavy (non-hydrogen) atoms. The van der Waals surface area contributed by atoms with Crippen LogP contribution in [0, 0.1) is 0 Å².